The third-order valence-corrected chi connectivity index (χ3v) is 2.65. The molecule has 3 N–H and O–H groups in total. The van der Waals surface area contributed by atoms with Gasteiger partial charge in [-0.05, 0) is 6.07 Å². The minimum atomic E-state index is -4.54. The van der Waals surface area contributed by atoms with Crippen molar-refractivity contribution in [3.05, 3.63) is 29.8 Å². The monoisotopic (exact) mass is 218 g/mol. The maximum atomic E-state index is 10.8. The summed E-state index contributed by atoms with van der Waals surface area (Å²) in [6.07, 6.45) is 0. The number of ether oxygens (including phenoxy) is 1. The molecule has 0 aliphatic heterocycles. The van der Waals surface area contributed by atoms with Gasteiger partial charge in [0.05, 0.1) is 7.11 Å². The molecule has 0 aliphatic rings. The average Bonchev–Trinajstić information content (AvgIpc) is 2.15. The van der Waals surface area contributed by atoms with E-state index in [4.69, 9.17) is 14.5 Å². The van der Waals surface area contributed by atoms with Crippen LogP contribution in [0.1, 0.15) is 11.4 Å². The zero-order valence-corrected chi connectivity index (χ0v) is 8.39. The van der Waals surface area contributed by atoms with Crippen LogP contribution in [0.2, 0.25) is 0 Å². The molecular weight excluding hydrogens is 207 g/mol. The molecule has 1 aromatic carbocycles. The summed E-state index contributed by atoms with van der Waals surface area (Å²) in [6, 6.07) is 6.14. The van der Waals surface area contributed by atoms with Crippen LogP contribution in [-0.2, 0) is 4.57 Å². The number of aliphatic hydroxyl groups excluding tert-OH is 1. The minimum absolute atomic E-state index is 0.0864. The fourth-order valence-electron chi connectivity index (χ4n) is 1.06. The van der Waals surface area contributed by atoms with E-state index in [2.05, 4.69) is 0 Å². The molecule has 6 heteroatoms. The highest BCUT2D eigenvalue weighted by molar-refractivity contribution is 7.51. The van der Waals surface area contributed by atoms with Crippen molar-refractivity contribution in [1.29, 1.82) is 0 Å². The third kappa shape index (κ3) is 2.33. The Morgan fingerprint density at radius 2 is 1.93 bits per heavy atom. The lowest BCUT2D eigenvalue weighted by Crippen LogP contribution is -2.00. The highest BCUT2D eigenvalue weighted by Gasteiger charge is 2.30. The van der Waals surface area contributed by atoms with Gasteiger partial charge in [0.25, 0.3) is 0 Å². The molecular formula is C8H11O5P. The van der Waals surface area contributed by atoms with Gasteiger partial charge in [0.1, 0.15) is 5.75 Å². The molecule has 0 unspecified atom stereocenters. The first-order valence-corrected chi connectivity index (χ1v) is 5.51. The molecule has 1 atom stereocenters. The van der Waals surface area contributed by atoms with E-state index in [1.165, 1.54) is 19.2 Å². The van der Waals surface area contributed by atoms with E-state index in [1.807, 2.05) is 0 Å². The van der Waals surface area contributed by atoms with Crippen molar-refractivity contribution in [3.8, 4) is 5.75 Å². The van der Waals surface area contributed by atoms with Gasteiger partial charge in [0.2, 0.25) is 0 Å². The van der Waals surface area contributed by atoms with E-state index in [-0.39, 0.29) is 11.3 Å². The molecule has 0 saturated carbocycles. The summed E-state index contributed by atoms with van der Waals surface area (Å²) in [7, 11) is -3.18. The van der Waals surface area contributed by atoms with Gasteiger partial charge in [-0.25, -0.2) is 0 Å². The second-order valence-corrected chi connectivity index (χ2v) is 4.37. The van der Waals surface area contributed by atoms with Crippen molar-refractivity contribution in [2.24, 2.45) is 0 Å². The Morgan fingerprint density at radius 3 is 2.43 bits per heavy atom. The van der Waals surface area contributed by atoms with Gasteiger partial charge in [-0.15, -0.1) is 0 Å². The Kier molecular flexibility index (Phi) is 3.29. The standard InChI is InChI=1S/C8H11O5P/c1-13-7-5-3-2-4-6(7)8(9)14(10,11)12/h2-5,8-9H,1H3,(H2,10,11,12)/t8-/m1/s1. The molecule has 78 valence electrons. The van der Waals surface area contributed by atoms with Crippen LogP contribution in [-0.4, -0.2) is 22.0 Å². The first-order valence-electron chi connectivity index (χ1n) is 3.83. The zero-order valence-electron chi connectivity index (χ0n) is 7.49. The molecule has 0 radical (unpaired) electrons. The maximum Gasteiger partial charge on any atom is 0.358 e. The van der Waals surface area contributed by atoms with E-state index in [0.717, 1.165) is 0 Å². The van der Waals surface area contributed by atoms with Crippen LogP contribution in [0.4, 0.5) is 0 Å². The van der Waals surface area contributed by atoms with E-state index < -0.39 is 13.4 Å². The van der Waals surface area contributed by atoms with E-state index >= 15 is 0 Å². The molecule has 0 heterocycles. The van der Waals surface area contributed by atoms with Crippen molar-refractivity contribution in [2.75, 3.05) is 7.11 Å². The predicted octanol–water partition coefficient (Wildman–Crippen LogP) is 0.864. The van der Waals surface area contributed by atoms with Crippen LogP contribution >= 0.6 is 7.60 Å². The first-order chi connectivity index (χ1) is 6.46. The summed E-state index contributed by atoms with van der Waals surface area (Å²) in [5, 5.41) is 9.33. The molecule has 1 aromatic rings. The van der Waals surface area contributed by atoms with Crippen molar-refractivity contribution in [2.45, 2.75) is 5.85 Å². The second kappa shape index (κ2) is 4.11. The van der Waals surface area contributed by atoms with Gasteiger partial charge in [0.15, 0.2) is 5.85 Å². The van der Waals surface area contributed by atoms with Gasteiger partial charge in [0, 0.05) is 5.56 Å². The molecule has 0 spiro atoms. The molecule has 0 amide bonds. The number of methoxy groups -OCH3 is 1. The SMILES string of the molecule is COc1ccccc1[C@H](O)P(=O)(O)O. The van der Waals surface area contributed by atoms with Gasteiger partial charge in [-0.3, -0.25) is 4.57 Å². The van der Waals surface area contributed by atoms with Crippen molar-refractivity contribution < 1.29 is 24.2 Å². The van der Waals surface area contributed by atoms with E-state index in [9.17, 15) is 9.67 Å². The Morgan fingerprint density at radius 1 is 1.36 bits per heavy atom. The topological polar surface area (TPSA) is 87.0 Å². The van der Waals surface area contributed by atoms with Crippen LogP contribution in [0.25, 0.3) is 0 Å². The molecule has 5 nitrogen and oxygen atoms in total. The Labute approximate surface area is 81.1 Å². The summed E-state index contributed by atoms with van der Waals surface area (Å²) in [5.74, 6) is -1.58. The van der Waals surface area contributed by atoms with Crippen molar-refractivity contribution >= 4 is 7.60 Å². The van der Waals surface area contributed by atoms with Crippen LogP contribution in [0.3, 0.4) is 0 Å². The number of hydrogen-bond donors (Lipinski definition) is 3. The quantitative estimate of drug-likeness (QED) is 0.655. The molecule has 0 fully saturated rings. The smallest absolute Gasteiger partial charge is 0.358 e. The Hall–Kier alpha value is -0.870. The highest BCUT2D eigenvalue weighted by atomic mass is 31.2. The maximum absolute atomic E-state index is 10.8. The predicted molar refractivity (Wildman–Crippen MR) is 50.0 cm³/mol. The first kappa shape index (κ1) is 11.2. The number of rotatable bonds is 3. The van der Waals surface area contributed by atoms with Crippen LogP contribution in [0.15, 0.2) is 24.3 Å². The average molecular weight is 218 g/mol. The second-order valence-electron chi connectivity index (χ2n) is 2.70. The lowest BCUT2D eigenvalue weighted by atomic mass is 10.2. The summed E-state index contributed by atoms with van der Waals surface area (Å²) in [6.45, 7) is 0. The molecule has 1 rings (SSSR count). The van der Waals surface area contributed by atoms with E-state index in [1.54, 1.807) is 12.1 Å². The third-order valence-electron chi connectivity index (χ3n) is 1.74. The van der Waals surface area contributed by atoms with Crippen LogP contribution in [0.5, 0.6) is 5.75 Å². The Bertz CT molecular complexity index is 359. The zero-order chi connectivity index (χ0) is 10.8. The number of para-hydroxylation sites is 1. The number of hydrogen-bond acceptors (Lipinski definition) is 3. The normalized spacial score (nSPS) is 13.7. The van der Waals surface area contributed by atoms with E-state index in [0.29, 0.717) is 0 Å². The largest absolute Gasteiger partial charge is 0.496 e. The molecule has 14 heavy (non-hydrogen) atoms. The summed E-state index contributed by atoms with van der Waals surface area (Å²) >= 11 is 0. The summed E-state index contributed by atoms with van der Waals surface area (Å²) in [5.41, 5.74) is 0.0864. The number of aliphatic hydroxyl groups is 1. The molecule has 0 aromatic heterocycles. The lowest BCUT2D eigenvalue weighted by molar-refractivity contribution is 0.201. The van der Waals surface area contributed by atoms with Gasteiger partial charge in [-0.2, -0.15) is 0 Å². The molecule has 0 bridgehead atoms. The van der Waals surface area contributed by atoms with Crippen molar-refractivity contribution in [1.82, 2.24) is 0 Å². The number of benzene rings is 1. The van der Waals surface area contributed by atoms with Crippen LogP contribution in [0, 0.1) is 0 Å². The lowest BCUT2D eigenvalue weighted by Gasteiger charge is -2.15. The van der Waals surface area contributed by atoms with Gasteiger partial charge in [-0.1, -0.05) is 18.2 Å². The molecule has 0 saturated heterocycles. The van der Waals surface area contributed by atoms with Crippen LogP contribution < -0.4 is 4.74 Å². The Balaban J connectivity index is 3.12. The van der Waals surface area contributed by atoms with Gasteiger partial charge < -0.3 is 19.6 Å². The molecule has 0 aliphatic carbocycles. The van der Waals surface area contributed by atoms with Crippen molar-refractivity contribution in [3.63, 3.8) is 0 Å². The fraction of sp³-hybridized carbons (Fsp3) is 0.250. The summed E-state index contributed by atoms with van der Waals surface area (Å²) < 4.78 is 15.6. The fourth-order valence-corrected chi connectivity index (χ4v) is 1.64. The minimum Gasteiger partial charge on any atom is -0.496 e. The van der Waals surface area contributed by atoms with Gasteiger partial charge >= 0.3 is 7.60 Å². The summed E-state index contributed by atoms with van der Waals surface area (Å²) in [4.78, 5) is 17.5. The highest BCUT2D eigenvalue weighted by Crippen LogP contribution is 2.51.